The van der Waals surface area contributed by atoms with Gasteiger partial charge in [-0.05, 0) is 30.7 Å². The molecule has 0 atom stereocenters. The molecule has 3 aromatic heterocycles. The molecule has 0 bridgehead atoms. The van der Waals surface area contributed by atoms with Crippen LogP contribution in [0, 0.1) is 0 Å². The van der Waals surface area contributed by atoms with Crippen molar-refractivity contribution in [2.45, 2.75) is 19.8 Å². The van der Waals surface area contributed by atoms with Gasteiger partial charge in [0, 0.05) is 28.4 Å². The lowest BCUT2D eigenvalue weighted by Gasteiger charge is -2.02. The summed E-state index contributed by atoms with van der Waals surface area (Å²) in [6.45, 7) is 2.17. The molecule has 0 aliphatic heterocycles. The molecule has 0 spiro atoms. The molecule has 8 heteroatoms. The number of pyridine rings is 1. The van der Waals surface area contributed by atoms with Crippen LogP contribution in [0.1, 0.15) is 28.7 Å². The molecule has 0 fully saturated rings. The van der Waals surface area contributed by atoms with E-state index in [0.717, 1.165) is 57.5 Å². The van der Waals surface area contributed by atoms with Gasteiger partial charge in [-0.3, -0.25) is 9.97 Å². The number of aryl methyl sites for hydroxylation is 1. The summed E-state index contributed by atoms with van der Waals surface area (Å²) in [5.41, 5.74) is 5.80. The number of methoxy groups -OCH3 is 1. The SMILES string of the molecule is CCCc1cc(-c2nc(-c3cccc(OC)c3)cs2)ccn1.O=C(O)c1cncs1. The highest BCUT2D eigenvalue weighted by molar-refractivity contribution is 7.13. The Kier molecular flexibility index (Phi) is 7.64. The van der Waals surface area contributed by atoms with Crippen molar-refractivity contribution in [3.05, 3.63) is 70.3 Å². The highest BCUT2D eigenvalue weighted by Crippen LogP contribution is 2.30. The number of carbonyl (C=O) groups is 1. The van der Waals surface area contributed by atoms with Crippen LogP contribution in [0.25, 0.3) is 21.8 Å². The van der Waals surface area contributed by atoms with E-state index in [2.05, 4.69) is 34.4 Å². The standard InChI is InChI=1S/C18H18N2OS.C4H3NO2S/c1-3-5-15-10-14(8-9-19-15)18-20-17(12-22-18)13-6-4-7-16(11-13)21-2;6-4(7)3-1-5-2-8-3/h4,6-12H,3,5H2,1-2H3;1-2H,(H,6,7). The Morgan fingerprint density at radius 1 is 1.17 bits per heavy atom. The Balaban J connectivity index is 0.000000269. The summed E-state index contributed by atoms with van der Waals surface area (Å²) in [7, 11) is 1.68. The second kappa shape index (κ2) is 10.6. The van der Waals surface area contributed by atoms with E-state index in [0.29, 0.717) is 0 Å². The smallest absolute Gasteiger partial charge is 0.347 e. The molecule has 4 rings (SSSR count). The molecule has 3 heterocycles. The van der Waals surface area contributed by atoms with Crippen molar-refractivity contribution >= 4 is 28.6 Å². The molecule has 1 aromatic carbocycles. The van der Waals surface area contributed by atoms with Gasteiger partial charge in [-0.15, -0.1) is 22.7 Å². The van der Waals surface area contributed by atoms with Gasteiger partial charge in [-0.2, -0.15) is 0 Å². The van der Waals surface area contributed by atoms with Gasteiger partial charge in [0.15, 0.2) is 0 Å². The molecule has 4 aromatic rings. The Hall–Kier alpha value is -3.10. The van der Waals surface area contributed by atoms with E-state index in [1.165, 1.54) is 11.7 Å². The predicted octanol–water partition coefficient (Wildman–Crippen LogP) is 5.67. The first kappa shape index (κ1) is 21.6. The highest BCUT2D eigenvalue weighted by Gasteiger charge is 2.08. The van der Waals surface area contributed by atoms with Gasteiger partial charge in [0.25, 0.3) is 0 Å². The number of carboxylic acid groups (broad SMARTS) is 1. The summed E-state index contributed by atoms with van der Waals surface area (Å²) >= 11 is 2.78. The normalized spacial score (nSPS) is 10.2. The van der Waals surface area contributed by atoms with Crippen LogP contribution in [0.5, 0.6) is 5.75 Å². The van der Waals surface area contributed by atoms with E-state index in [1.807, 2.05) is 30.5 Å². The lowest BCUT2D eigenvalue weighted by Crippen LogP contribution is -1.89. The Morgan fingerprint density at radius 3 is 2.70 bits per heavy atom. The summed E-state index contributed by atoms with van der Waals surface area (Å²) in [4.78, 5) is 23.1. The number of hydrogen-bond donors (Lipinski definition) is 1. The van der Waals surface area contributed by atoms with Crippen LogP contribution in [-0.4, -0.2) is 33.1 Å². The molecule has 154 valence electrons. The number of carboxylic acids is 1. The Bertz CT molecular complexity index is 1090. The molecule has 1 N–H and O–H groups in total. The number of benzene rings is 1. The Morgan fingerprint density at radius 2 is 2.03 bits per heavy atom. The fraction of sp³-hybridized carbons (Fsp3) is 0.182. The van der Waals surface area contributed by atoms with E-state index < -0.39 is 5.97 Å². The lowest BCUT2D eigenvalue weighted by molar-refractivity contribution is 0.0702. The van der Waals surface area contributed by atoms with E-state index in [-0.39, 0.29) is 4.88 Å². The number of hydrogen-bond acceptors (Lipinski definition) is 7. The van der Waals surface area contributed by atoms with Crippen molar-refractivity contribution in [3.63, 3.8) is 0 Å². The first-order chi connectivity index (χ1) is 14.6. The average molecular weight is 440 g/mol. The van der Waals surface area contributed by atoms with Gasteiger partial charge in [0.2, 0.25) is 0 Å². The minimum Gasteiger partial charge on any atom is -0.497 e. The molecule has 0 aliphatic carbocycles. The molecule has 6 nitrogen and oxygen atoms in total. The van der Waals surface area contributed by atoms with Crippen LogP contribution < -0.4 is 4.74 Å². The first-order valence-corrected chi connectivity index (χ1v) is 11.0. The maximum atomic E-state index is 10.0. The van der Waals surface area contributed by atoms with Crippen LogP contribution in [0.4, 0.5) is 0 Å². The van der Waals surface area contributed by atoms with E-state index >= 15 is 0 Å². The monoisotopic (exact) mass is 439 g/mol. The van der Waals surface area contributed by atoms with Crippen LogP contribution in [0.3, 0.4) is 0 Å². The van der Waals surface area contributed by atoms with Gasteiger partial charge >= 0.3 is 5.97 Å². The number of ether oxygens (including phenoxy) is 1. The summed E-state index contributed by atoms with van der Waals surface area (Å²) in [6.07, 6.45) is 5.30. The van der Waals surface area contributed by atoms with Gasteiger partial charge in [0.1, 0.15) is 15.6 Å². The first-order valence-electron chi connectivity index (χ1n) is 9.27. The predicted molar refractivity (Wildman–Crippen MR) is 120 cm³/mol. The summed E-state index contributed by atoms with van der Waals surface area (Å²) in [5, 5.41) is 11.4. The topological polar surface area (TPSA) is 85.2 Å². The highest BCUT2D eigenvalue weighted by atomic mass is 32.1. The molecule has 0 saturated heterocycles. The number of aromatic carboxylic acids is 1. The second-order valence-electron chi connectivity index (χ2n) is 6.23. The molecule has 0 aliphatic rings. The fourth-order valence-electron chi connectivity index (χ4n) is 2.65. The van der Waals surface area contributed by atoms with Crippen LogP contribution in [0.15, 0.2) is 59.7 Å². The fourth-order valence-corrected chi connectivity index (χ4v) is 3.93. The Labute approximate surface area is 182 Å². The van der Waals surface area contributed by atoms with Crippen LogP contribution in [-0.2, 0) is 6.42 Å². The zero-order valence-electron chi connectivity index (χ0n) is 16.6. The van der Waals surface area contributed by atoms with E-state index in [9.17, 15) is 4.79 Å². The molecule has 0 saturated carbocycles. The zero-order chi connectivity index (χ0) is 21.3. The van der Waals surface area contributed by atoms with Crippen LogP contribution >= 0.6 is 22.7 Å². The van der Waals surface area contributed by atoms with Crippen molar-refractivity contribution < 1.29 is 14.6 Å². The second-order valence-corrected chi connectivity index (χ2v) is 7.97. The maximum absolute atomic E-state index is 10.0. The summed E-state index contributed by atoms with van der Waals surface area (Å²) < 4.78 is 5.28. The quantitative estimate of drug-likeness (QED) is 0.416. The average Bonchev–Trinajstić information content (AvgIpc) is 3.47. The van der Waals surface area contributed by atoms with E-state index in [1.54, 1.807) is 18.4 Å². The minimum atomic E-state index is -0.910. The zero-order valence-corrected chi connectivity index (χ0v) is 18.2. The third-order valence-electron chi connectivity index (χ3n) is 4.08. The molecule has 0 amide bonds. The maximum Gasteiger partial charge on any atom is 0.347 e. The minimum absolute atomic E-state index is 0.282. The molecule has 0 radical (unpaired) electrons. The van der Waals surface area contributed by atoms with Crippen molar-refractivity contribution in [2.75, 3.05) is 7.11 Å². The molecular formula is C22H21N3O3S2. The van der Waals surface area contributed by atoms with Crippen molar-refractivity contribution in [3.8, 4) is 27.6 Å². The van der Waals surface area contributed by atoms with E-state index in [4.69, 9.17) is 14.8 Å². The van der Waals surface area contributed by atoms with Crippen molar-refractivity contribution in [1.29, 1.82) is 0 Å². The third-order valence-corrected chi connectivity index (χ3v) is 5.73. The molecular weight excluding hydrogens is 418 g/mol. The largest absolute Gasteiger partial charge is 0.497 e. The summed E-state index contributed by atoms with van der Waals surface area (Å²) in [5.74, 6) is -0.0614. The third kappa shape index (κ3) is 5.71. The molecule has 30 heavy (non-hydrogen) atoms. The van der Waals surface area contributed by atoms with Gasteiger partial charge < -0.3 is 9.84 Å². The van der Waals surface area contributed by atoms with Gasteiger partial charge in [0.05, 0.1) is 24.5 Å². The van der Waals surface area contributed by atoms with Gasteiger partial charge in [-0.25, -0.2) is 9.78 Å². The van der Waals surface area contributed by atoms with Crippen molar-refractivity contribution in [2.24, 2.45) is 0 Å². The number of aromatic nitrogens is 3. The van der Waals surface area contributed by atoms with Crippen molar-refractivity contribution in [1.82, 2.24) is 15.0 Å². The number of nitrogens with zero attached hydrogens (tertiary/aromatic N) is 3. The molecule has 0 unspecified atom stereocenters. The summed E-state index contributed by atoms with van der Waals surface area (Å²) in [6, 6.07) is 12.1. The number of rotatable bonds is 6. The lowest BCUT2D eigenvalue weighted by atomic mass is 10.1. The van der Waals surface area contributed by atoms with Crippen LogP contribution in [0.2, 0.25) is 0 Å². The van der Waals surface area contributed by atoms with Gasteiger partial charge in [-0.1, -0.05) is 25.5 Å². The number of thiazole rings is 2.